The number of aliphatic hydroxyl groups is 1. The Hall–Kier alpha value is -4.68. The molecule has 4 rings (SSSR count). The number of para-hydroxylation sites is 1. The smallest absolute Gasteiger partial charge is 0.323 e. The lowest BCUT2D eigenvalue weighted by Gasteiger charge is -2.35. The Morgan fingerprint density at radius 3 is 2.35 bits per heavy atom. The minimum atomic E-state index is -0.559. The van der Waals surface area contributed by atoms with E-state index in [2.05, 4.69) is 16.0 Å². The lowest BCUT2D eigenvalue weighted by molar-refractivity contribution is -0.0115. The van der Waals surface area contributed by atoms with E-state index in [1.54, 1.807) is 49.2 Å². The maximum absolute atomic E-state index is 14.3. The third kappa shape index (κ3) is 10.4. The molecule has 12 heteroatoms. The van der Waals surface area contributed by atoms with Gasteiger partial charge in [0.2, 0.25) is 0 Å². The molecule has 0 aliphatic carbocycles. The number of hydrogen-bond acceptors (Lipinski definition) is 6. The van der Waals surface area contributed by atoms with E-state index in [9.17, 15) is 23.9 Å². The molecule has 4 N–H and O–H groups in total. The van der Waals surface area contributed by atoms with E-state index >= 15 is 0 Å². The molecule has 1 aliphatic heterocycles. The zero-order valence-corrected chi connectivity index (χ0v) is 27.9. The Balaban J connectivity index is 1.57. The molecular weight excluding hydrogens is 617 g/mol. The number of ether oxygens (including phenoxy) is 2. The molecule has 0 saturated heterocycles. The first-order valence-electron chi connectivity index (χ1n) is 16.3. The monoisotopic (exact) mass is 663 g/mol. The first-order chi connectivity index (χ1) is 23.0. The molecule has 11 nitrogen and oxygen atoms in total. The number of hydrogen-bond donors (Lipinski definition) is 4. The third-order valence-electron chi connectivity index (χ3n) is 8.24. The van der Waals surface area contributed by atoms with Crippen LogP contribution in [-0.4, -0.2) is 84.5 Å². The van der Waals surface area contributed by atoms with Crippen LogP contribution in [0.3, 0.4) is 0 Å². The van der Waals surface area contributed by atoms with Crippen LogP contribution in [0.15, 0.2) is 72.8 Å². The van der Waals surface area contributed by atoms with Crippen molar-refractivity contribution >= 4 is 35.0 Å². The fourth-order valence-corrected chi connectivity index (χ4v) is 5.38. The van der Waals surface area contributed by atoms with Crippen molar-refractivity contribution in [3.8, 4) is 5.75 Å². The fraction of sp³-hybridized carbons (Fsp3) is 0.417. The lowest BCUT2D eigenvalue weighted by atomic mass is 10.0. The molecule has 5 amide bonds. The second kappa shape index (κ2) is 17.5. The number of fused-ring (bicyclic) bond motifs is 1. The van der Waals surface area contributed by atoms with Gasteiger partial charge in [0.05, 0.1) is 30.4 Å². The third-order valence-corrected chi connectivity index (χ3v) is 8.24. The van der Waals surface area contributed by atoms with Crippen molar-refractivity contribution in [3.05, 3.63) is 84.2 Å². The molecule has 0 bridgehead atoms. The summed E-state index contributed by atoms with van der Waals surface area (Å²) in [7, 11) is 1.65. The van der Waals surface area contributed by atoms with Crippen molar-refractivity contribution in [3.63, 3.8) is 0 Å². The van der Waals surface area contributed by atoms with Gasteiger partial charge in [-0.15, -0.1) is 0 Å². The average Bonchev–Trinajstić information content (AvgIpc) is 3.07. The second-order valence-electron chi connectivity index (χ2n) is 12.3. The van der Waals surface area contributed by atoms with Crippen LogP contribution in [-0.2, 0) is 4.74 Å². The molecular formula is C36H46FN5O6. The van der Waals surface area contributed by atoms with Gasteiger partial charge in [0, 0.05) is 49.7 Å². The van der Waals surface area contributed by atoms with Crippen LogP contribution in [0.5, 0.6) is 5.75 Å². The largest absolute Gasteiger partial charge is 0.490 e. The highest BCUT2D eigenvalue weighted by Crippen LogP contribution is 2.29. The predicted molar refractivity (Wildman–Crippen MR) is 184 cm³/mol. The van der Waals surface area contributed by atoms with Crippen molar-refractivity contribution in [2.45, 2.75) is 58.3 Å². The number of aliphatic hydroxyl groups excluding tert-OH is 1. The van der Waals surface area contributed by atoms with E-state index in [1.165, 1.54) is 29.2 Å². The molecule has 0 unspecified atom stereocenters. The summed E-state index contributed by atoms with van der Waals surface area (Å²) in [5.41, 5.74) is 1.72. The summed E-state index contributed by atoms with van der Waals surface area (Å²) in [5, 5.41) is 18.5. The second-order valence-corrected chi connectivity index (χ2v) is 12.3. The Morgan fingerprint density at radius 1 is 0.979 bits per heavy atom. The lowest BCUT2D eigenvalue weighted by Crippen LogP contribution is -2.48. The molecule has 0 fully saturated rings. The molecule has 0 radical (unpaired) electrons. The average molecular weight is 664 g/mol. The van der Waals surface area contributed by atoms with Gasteiger partial charge < -0.3 is 40.3 Å². The Labute approximate surface area is 281 Å². The Kier molecular flexibility index (Phi) is 13.2. The van der Waals surface area contributed by atoms with Crippen molar-refractivity contribution < 1.29 is 33.4 Å². The van der Waals surface area contributed by atoms with Crippen LogP contribution in [0.2, 0.25) is 0 Å². The van der Waals surface area contributed by atoms with Gasteiger partial charge in [-0.2, -0.15) is 0 Å². The minimum Gasteiger partial charge on any atom is -0.490 e. The minimum absolute atomic E-state index is 0.208. The zero-order valence-electron chi connectivity index (χ0n) is 27.9. The van der Waals surface area contributed by atoms with Gasteiger partial charge in [0.1, 0.15) is 11.6 Å². The molecule has 1 aliphatic rings. The van der Waals surface area contributed by atoms with E-state index in [1.807, 2.05) is 32.0 Å². The van der Waals surface area contributed by atoms with Gasteiger partial charge in [-0.1, -0.05) is 25.1 Å². The number of carbonyl (C=O) groups excluding carboxylic acids is 3. The molecule has 1 heterocycles. The van der Waals surface area contributed by atoms with Crippen LogP contribution in [0.25, 0.3) is 0 Å². The van der Waals surface area contributed by atoms with Crippen molar-refractivity contribution in [1.82, 2.24) is 9.80 Å². The van der Waals surface area contributed by atoms with Gasteiger partial charge in [-0.25, -0.2) is 14.0 Å². The molecule has 0 aromatic heterocycles. The highest BCUT2D eigenvalue weighted by Gasteiger charge is 2.31. The van der Waals surface area contributed by atoms with Crippen LogP contribution in [0, 0.1) is 11.7 Å². The molecule has 48 heavy (non-hydrogen) atoms. The number of rotatable bonds is 7. The van der Waals surface area contributed by atoms with Crippen molar-refractivity contribution in [2.75, 3.05) is 49.3 Å². The SMILES string of the molecule is C[C@@H]1CCCCO[C@@H](CN(C)C(=O)Nc2ccc(F)cc2)[C@@H](C)CN([C@H](C)CO)C(=O)c2cc(NC(=O)Nc3ccccc3)ccc2O1. The predicted octanol–water partition coefficient (Wildman–Crippen LogP) is 6.43. The number of urea groups is 2. The summed E-state index contributed by atoms with van der Waals surface area (Å²) in [6.45, 7) is 6.24. The van der Waals surface area contributed by atoms with Gasteiger partial charge in [-0.05, 0) is 87.7 Å². The van der Waals surface area contributed by atoms with Gasteiger partial charge in [0.25, 0.3) is 5.91 Å². The molecule has 0 spiro atoms. The quantitative estimate of drug-likeness (QED) is 0.230. The molecule has 4 atom stereocenters. The number of likely N-dealkylation sites (N-methyl/N-ethyl adjacent to an activating group) is 1. The van der Waals surface area contributed by atoms with Gasteiger partial charge in [0.15, 0.2) is 0 Å². The molecule has 258 valence electrons. The zero-order chi connectivity index (χ0) is 34.6. The van der Waals surface area contributed by atoms with Gasteiger partial charge >= 0.3 is 12.1 Å². The topological polar surface area (TPSA) is 132 Å². The van der Waals surface area contributed by atoms with E-state index < -0.39 is 24.0 Å². The van der Waals surface area contributed by atoms with Crippen LogP contribution in [0.4, 0.5) is 31.0 Å². The standard InChI is InChI=1S/C36H46FN5O6/c1-24-21-42(25(2)23-43)34(44)31-20-30(39-35(45)38-28-11-6-5-7-12-28)17-18-32(31)48-26(3)10-8-9-19-47-33(24)22-41(4)36(46)40-29-15-13-27(37)14-16-29/h5-7,11-18,20,24-26,33,43H,8-10,19,21-23H2,1-4H3,(H,40,46)(H2,38,39,45)/t24-,25+,26+,33-/m0/s1. The van der Waals surface area contributed by atoms with E-state index in [4.69, 9.17) is 9.47 Å². The number of anilines is 3. The molecule has 3 aromatic carbocycles. The van der Waals surface area contributed by atoms with Crippen LogP contribution in [0.1, 0.15) is 50.4 Å². The molecule has 3 aromatic rings. The number of nitrogens with zero attached hydrogens (tertiary/aromatic N) is 2. The maximum Gasteiger partial charge on any atom is 0.323 e. The van der Waals surface area contributed by atoms with Crippen molar-refractivity contribution in [2.24, 2.45) is 5.92 Å². The maximum atomic E-state index is 14.3. The summed E-state index contributed by atoms with van der Waals surface area (Å²) in [4.78, 5) is 43.2. The first-order valence-corrected chi connectivity index (χ1v) is 16.3. The Morgan fingerprint density at radius 2 is 1.65 bits per heavy atom. The summed E-state index contributed by atoms with van der Waals surface area (Å²) < 4.78 is 25.9. The first kappa shape index (κ1) is 36.2. The summed E-state index contributed by atoms with van der Waals surface area (Å²) >= 11 is 0. The van der Waals surface area contributed by atoms with Crippen LogP contribution >= 0.6 is 0 Å². The number of carbonyl (C=O) groups is 3. The van der Waals surface area contributed by atoms with Crippen molar-refractivity contribution in [1.29, 1.82) is 0 Å². The van der Waals surface area contributed by atoms with E-state index in [0.717, 1.165) is 12.8 Å². The summed E-state index contributed by atoms with van der Waals surface area (Å²) in [6.07, 6.45) is 1.65. The fourth-order valence-electron chi connectivity index (χ4n) is 5.38. The van der Waals surface area contributed by atoms with Crippen LogP contribution < -0.4 is 20.7 Å². The Bertz CT molecular complexity index is 1510. The number of halogens is 1. The number of benzene rings is 3. The number of amides is 5. The number of nitrogens with one attached hydrogen (secondary N) is 3. The van der Waals surface area contributed by atoms with Gasteiger partial charge in [-0.3, -0.25) is 4.79 Å². The van der Waals surface area contributed by atoms with E-state index in [0.29, 0.717) is 35.8 Å². The summed E-state index contributed by atoms with van der Waals surface area (Å²) in [5.74, 6) is -0.653. The normalized spacial score (nSPS) is 19.6. The highest BCUT2D eigenvalue weighted by atomic mass is 19.1. The highest BCUT2D eigenvalue weighted by molar-refractivity contribution is 6.02. The van der Waals surface area contributed by atoms with E-state index in [-0.39, 0.29) is 49.2 Å². The molecule has 0 saturated carbocycles. The summed E-state index contributed by atoms with van der Waals surface area (Å²) in [6, 6.07) is 18.1.